The van der Waals surface area contributed by atoms with E-state index in [1.807, 2.05) is 24.3 Å². The zero-order chi connectivity index (χ0) is 14.7. The molecule has 106 valence electrons. The fourth-order valence-corrected chi connectivity index (χ4v) is 2.05. The Morgan fingerprint density at radius 2 is 2.05 bits per heavy atom. The molecule has 0 radical (unpaired) electrons. The monoisotopic (exact) mass is 275 g/mol. The van der Waals surface area contributed by atoms with Gasteiger partial charge in [0, 0.05) is 13.6 Å². The third kappa shape index (κ3) is 2.74. The van der Waals surface area contributed by atoms with Crippen molar-refractivity contribution in [1.82, 2.24) is 9.78 Å². The molecule has 0 aliphatic heterocycles. The van der Waals surface area contributed by atoms with Crippen LogP contribution in [0.1, 0.15) is 21.6 Å². The van der Waals surface area contributed by atoms with Gasteiger partial charge < -0.3 is 15.2 Å². The Balaban J connectivity index is 2.16. The van der Waals surface area contributed by atoms with Crippen molar-refractivity contribution < 1.29 is 14.6 Å². The van der Waals surface area contributed by atoms with Crippen molar-refractivity contribution in [2.24, 2.45) is 7.05 Å². The maximum atomic E-state index is 11.2. The molecule has 20 heavy (non-hydrogen) atoms. The van der Waals surface area contributed by atoms with E-state index >= 15 is 0 Å². The van der Waals surface area contributed by atoms with Crippen LogP contribution in [0.3, 0.4) is 0 Å². The number of rotatable bonds is 5. The lowest BCUT2D eigenvalue weighted by atomic mass is 10.2. The number of hydrogen-bond donors (Lipinski definition) is 2. The van der Waals surface area contributed by atoms with Gasteiger partial charge >= 0.3 is 5.97 Å². The number of methoxy groups -OCH3 is 1. The molecular weight excluding hydrogens is 258 g/mol. The van der Waals surface area contributed by atoms with Crippen molar-refractivity contribution in [3.8, 4) is 5.75 Å². The molecule has 0 aliphatic rings. The third-order valence-electron chi connectivity index (χ3n) is 3.06. The molecule has 1 aromatic heterocycles. The van der Waals surface area contributed by atoms with E-state index in [4.69, 9.17) is 4.74 Å². The molecule has 0 fully saturated rings. The number of nitrogens with zero attached hydrogens (tertiary/aromatic N) is 2. The van der Waals surface area contributed by atoms with E-state index in [0.29, 0.717) is 18.1 Å². The summed E-state index contributed by atoms with van der Waals surface area (Å²) in [6.07, 6.45) is 0. The van der Waals surface area contributed by atoms with Crippen molar-refractivity contribution in [1.29, 1.82) is 0 Å². The smallest absolute Gasteiger partial charge is 0.341 e. The minimum Gasteiger partial charge on any atom is -0.497 e. The van der Waals surface area contributed by atoms with E-state index in [1.165, 1.54) is 0 Å². The van der Waals surface area contributed by atoms with Crippen LogP contribution in [0.2, 0.25) is 0 Å². The second-order valence-electron chi connectivity index (χ2n) is 4.44. The van der Waals surface area contributed by atoms with E-state index in [1.54, 1.807) is 25.8 Å². The highest BCUT2D eigenvalue weighted by Crippen LogP contribution is 2.20. The van der Waals surface area contributed by atoms with Gasteiger partial charge in [-0.1, -0.05) is 12.1 Å². The normalized spacial score (nSPS) is 10.3. The standard InChI is InChI=1S/C14H17N3O3/c1-9-12(14(18)19)13(17(2)16-9)15-8-10-4-6-11(20-3)7-5-10/h4-7,15H,8H2,1-3H3,(H,18,19). The summed E-state index contributed by atoms with van der Waals surface area (Å²) in [6, 6.07) is 7.58. The molecule has 0 bridgehead atoms. The minimum absolute atomic E-state index is 0.209. The lowest BCUT2D eigenvalue weighted by molar-refractivity contribution is 0.0697. The molecule has 6 heteroatoms. The highest BCUT2D eigenvalue weighted by molar-refractivity contribution is 5.94. The number of hydrogen-bond acceptors (Lipinski definition) is 4. The summed E-state index contributed by atoms with van der Waals surface area (Å²) in [6.45, 7) is 2.20. The van der Waals surface area contributed by atoms with E-state index in [0.717, 1.165) is 11.3 Å². The lowest BCUT2D eigenvalue weighted by Gasteiger charge is -2.08. The fraction of sp³-hybridized carbons (Fsp3) is 0.286. The average molecular weight is 275 g/mol. The number of anilines is 1. The van der Waals surface area contributed by atoms with Crippen molar-refractivity contribution in [2.75, 3.05) is 12.4 Å². The number of aryl methyl sites for hydroxylation is 2. The van der Waals surface area contributed by atoms with Crippen molar-refractivity contribution >= 4 is 11.8 Å². The van der Waals surface area contributed by atoms with Gasteiger partial charge in [-0.05, 0) is 24.6 Å². The molecule has 1 heterocycles. The third-order valence-corrected chi connectivity index (χ3v) is 3.06. The topological polar surface area (TPSA) is 76.4 Å². The molecule has 2 aromatic rings. The number of nitrogens with one attached hydrogen (secondary N) is 1. The van der Waals surface area contributed by atoms with E-state index in [-0.39, 0.29) is 5.56 Å². The molecule has 0 unspecified atom stereocenters. The maximum absolute atomic E-state index is 11.2. The number of carboxylic acid groups (broad SMARTS) is 1. The van der Waals surface area contributed by atoms with E-state index in [2.05, 4.69) is 10.4 Å². The van der Waals surface area contributed by atoms with Crippen molar-refractivity contribution in [3.63, 3.8) is 0 Å². The summed E-state index contributed by atoms with van der Waals surface area (Å²) in [4.78, 5) is 11.2. The molecule has 0 saturated carbocycles. The summed E-state index contributed by atoms with van der Waals surface area (Å²) < 4.78 is 6.64. The van der Waals surface area contributed by atoms with Crippen LogP contribution in [0.15, 0.2) is 24.3 Å². The minimum atomic E-state index is -0.979. The second-order valence-corrected chi connectivity index (χ2v) is 4.44. The molecule has 0 spiro atoms. The Hall–Kier alpha value is -2.50. The Labute approximate surface area is 117 Å². The molecule has 0 aliphatic carbocycles. The molecule has 1 aromatic carbocycles. The van der Waals surface area contributed by atoms with Gasteiger partial charge in [0.15, 0.2) is 0 Å². The van der Waals surface area contributed by atoms with Gasteiger partial charge in [-0.3, -0.25) is 4.68 Å². The van der Waals surface area contributed by atoms with Crippen LogP contribution in [-0.2, 0) is 13.6 Å². The molecule has 2 rings (SSSR count). The number of aromatic nitrogens is 2. The first-order valence-corrected chi connectivity index (χ1v) is 6.16. The summed E-state index contributed by atoms with van der Waals surface area (Å²) in [5.41, 5.74) is 1.74. The fourth-order valence-electron chi connectivity index (χ4n) is 2.05. The first-order chi connectivity index (χ1) is 9.52. The summed E-state index contributed by atoms with van der Waals surface area (Å²) in [5.74, 6) is 0.315. The Kier molecular flexibility index (Phi) is 3.93. The summed E-state index contributed by atoms with van der Waals surface area (Å²) >= 11 is 0. The van der Waals surface area contributed by atoms with Crippen LogP contribution in [-0.4, -0.2) is 28.0 Å². The van der Waals surface area contributed by atoms with Crippen molar-refractivity contribution in [2.45, 2.75) is 13.5 Å². The van der Waals surface area contributed by atoms with E-state index < -0.39 is 5.97 Å². The lowest BCUT2D eigenvalue weighted by Crippen LogP contribution is -2.09. The van der Waals surface area contributed by atoms with Crippen LogP contribution in [0.25, 0.3) is 0 Å². The van der Waals surface area contributed by atoms with Gasteiger partial charge in [0.05, 0.1) is 12.8 Å². The number of aromatic carboxylic acids is 1. The van der Waals surface area contributed by atoms with Gasteiger partial charge in [-0.2, -0.15) is 5.10 Å². The first kappa shape index (κ1) is 13.9. The Morgan fingerprint density at radius 3 is 2.60 bits per heavy atom. The molecule has 0 atom stereocenters. The number of benzene rings is 1. The molecule has 2 N–H and O–H groups in total. The van der Waals surface area contributed by atoms with Crippen LogP contribution in [0, 0.1) is 6.92 Å². The zero-order valence-electron chi connectivity index (χ0n) is 11.7. The predicted molar refractivity (Wildman–Crippen MR) is 75.2 cm³/mol. The van der Waals surface area contributed by atoms with Crippen LogP contribution in [0.4, 0.5) is 5.82 Å². The van der Waals surface area contributed by atoms with Crippen LogP contribution in [0.5, 0.6) is 5.75 Å². The molecule has 6 nitrogen and oxygen atoms in total. The van der Waals surface area contributed by atoms with Gasteiger partial charge in [0.2, 0.25) is 0 Å². The highest BCUT2D eigenvalue weighted by atomic mass is 16.5. The van der Waals surface area contributed by atoms with E-state index in [9.17, 15) is 9.90 Å². The summed E-state index contributed by atoms with van der Waals surface area (Å²) in [5, 5.41) is 16.5. The maximum Gasteiger partial charge on any atom is 0.341 e. The Morgan fingerprint density at radius 1 is 1.40 bits per heavy atom. The SMILES string of the molecule is COc1ccc(CNc2c(C(=O)O)c(C)nn2C)cc1. The largest absolute Gasteiger partial charge is 0.497 e. The molecule has 0 saturated heterocycles. The number of carboxylic acids is 1. The van der Waals surface area contributed by atoms with Gasteiger partial charge in [-0.15, -0.1) is 0 Å². The van der Waals surface area contributed by atoms with Crippen LogP contribution >= 0.6 is 0 Å². The summed E-state index contributed by atoms with van der Waals surface area (Å²) in [7, 11) is 3.33. The first-order valence-electron chi connectivity index (χ1n) is 6.16. The number of carbonyl (C=O) groups is 1. The average Bonchev–Trinajstić information content (AvgIpc) is 2.71. The highest BCUT2D eigenvalue weighted by Gasteiger charge is 2.19. The van der Waals surface area contributed by atoms with Gasteiger partial charge in [0.1, 0.15) is 17.1 Å². The second kappa shape index (κ2) is 5.64. The Bertz CT molecular complexity index is 617. The predicted octanol–water partition coefficient (Wildman–Crippen LogP) is 2.05. The van der Waals surface area contributed by atoms with Gasteiger partial charge in [0.25, 0.3) is 0 Å². The molecule has 0 amide bonds. The van der Waals surface area contributed by atoms with Gasteiger partial charge in [-0.25, -0.2) is 4.79 Å². The van der Waals surface area contributed by atoms with Crippen molar-refractivity contribution in [3.05, 3.63) is 41.1 Å². The molecular formula is C14H17N3O3. The number of ether oxygens (including phenoxy) is 1. The quantitative estimate of drug-likeness (QED) is 0.873. The van der Waals surface area contributed by atoms with Crippen LogP contribution < -0.4 is 10.1 Å². The zero-order valence-corrected chi connectivity index (χ0v) is 11.7.